The number of hydrogen-bond acceptors (Lipinski definition) is 3. The van der Waals surface area contributed by atoms with E-state index in [1.54, 1.807) is 0 Å². The first-order valence-electron chi connectivity index (χ1n) is 7.44. The normalized spacial score (nSPS) is 18.8. The quantitative estimate of drug-likeness (QED) is 0.831. The topological polar surface area (TPSA) is 63.4 Å². The van der Waals surface area contributed by atoms with Crippen LogP contribution in [0.15, 0.2) is 30.5 Å². The number of fused-ring (bicyclic) bond motifs is 1. The van der Waals surface area contributed by atoms with Gasteiger partial charge in [0.05, 0.1) is 0 Å². The number of hydrogen-bond donors (Lipinski definition) is 2. The van der Waals surface area contributed by atoms with Crippen LogP contribution >= 0.6 is 0 Å². The van der Waals surface area contributed by atoms with E-state index >= 15 is 0 Å². The molecule has 1 aromatic carbocycles. The standard InChI is InChI=1S/C16H20N2O3/c19-15(18-21-16-7-3-4-10-20-16)9-8-12-11-17-14-6-2-1-5-13(12)14/h1-2,5-6,11,16-17H,3-4,7-10H2,(H,18,19)/t16-/m1/s1. The minimum absolute atomic E-state index is 0.116. The Hall–Kier alpha value is -1.85. The molecular formula is C16H20N2O3. The molecule has 0 spiro atoms. The highest BCUT2D eigenvalue weighted by Crippen LogP contribution is 2.19. The molecule has 1 saturated heterocycles. The molecule has 1 atom stereocenters. The van der Waals surface area contributed by atoms with Crippen LogP contribution in [0.1, 0.15) is 31.2 Å². The Bertz CT molecular complexity index is 602. The Kier molecular flexibility index (Phi) is 4.52. The van der Waals surface area contributed by atoms with Crippen molar-refractivity contribution in [1.82, 2.24) is 10.5 Å². The number of benzene rings is 1. The van der Waals surface area contributed by atoms with Crippen molar-refractivity contribution in [1.29, 1.82) is 0 Å². The van der Waals surface area contributed by atoms with Gasteiger partial charge in [-0.05, 0) is 30.9 Å². The van der Waals surface area contributed by atoms with E-state index in [2.05, 4.69) is 16.5 Å². The van der Waals surface area contributed by atoms with Gasteiger partial charge in [0, 0.05) is 36.5 Å². The van der Waals surface area contributed by atoms with E-state index in [4.69, 9.17) is 9.57 Å². The molecule has 2 heterocycles. The molecule has 1 aliphatic heterocycles. The molecule has 112 valence electrons. The van der Waals surface area contributed by atoms with Crippen LogP contribution in [0.2, 0.25) is 0 Å². The molecular weight excluding hydrogens is 268 g/mol. The van der Waals surface area contributed by atoms with Gasteiger partial charge in [0.2, 0.25) is 5.91 Å². The fourth-order valence-electron chi connectivity index (χ4n) is 2.57. The molecule has 0 bridgehead atoms. The van der Waals surface area contributed by atoms with E-state index in [-0.39, 0.29) is 12.2 Å². The lowest BCUT2D eigenvalue weighted by molar-refractivity contribution is -0.200. The van der Waals surface area contributed by atoms with Gasteiger partial charge in [-0.3, -0.25) is 4.79 Å². The lowest BCUT2D eigenvalue weighted by Crippen LogP contribution is -2.33. The highest BCUT2D eigenvalue weighted by Gasteiger charge is 2.15. The third-order valence-corrected chi connectivity index (χ3v) is 3.74. The molecule has 21 heavy (non-hydrogen) atoms. The first-order chi connectivity index (χ1) is 10.3. The summed E-state index contributed by atoms with van der Waals surface area (Å²) >= 11 is 0. The van der Waals surface area contributed by atoms with Crippen molar-refractivity contribution in [3.63, 3.8) is 0 Å². The van der Waals surface area contributed by atoms with Crippen molar-refractivity contribution in [3.8, 4) is 0 Å². The summed E-state index contributed by atoms with van der Waals surface area (Å²) in [5.74, 6) is -0.116. The molecule has 2 N–H and O–H groups in total. The number of amides is 1. The molecule has 0 saturated carbocycles. The maximum Gasteiger partial charge on any atom is 0.243 e. The fourth-order valence-corrected chi connectivity index (χ4v) is 2.57. The number of aromatic nitrogens is 1. The lowest BCUT2D eigenvalue weighted by Gasteiger charge is -2.22. The van der Waals surface area contributed by atoms with Crippen LogP contribution < -0.4 is 5.48 Å². The maximum absolute atomic E-state index is 11.8. The Balaban J connectivity index is 1.47. The number of carbonyl (C=O) groups excluding carboxylic acids is 1. The van der Waals surface area contributed by atoms with Crippen LogP contribution in [0.3, 0.4) is 0 Å². The molecule has 5 nitrogen and oxygen atoms in total. The zero-order valence-electron chi connectivity index (χ0n) is 11.9. The van der Waals surface area contributed by atoms with Crippen molar-refractivity contribution < 1.29 is 14.4 Å². The van der Waals surface area contributed by atoms with Gasteiger partial charge in [-0.15, -0.1) is 0 Å². The van der Waals surface area contributed by atoms with Gasteiger partial charge in [0.25, 0.3) is 0 Å². The first kappa shape index (κ1) is 14.1. The van der Waals surface area contributed by atoms with Crippen LogP contribution in [0.5, 0.6) is 0 Å². The number of H-pyrrole nitrogens is 1. The third kappa shape index (κ3) is 3.62. The van der Waals surface area contributed by atoms with E-state index in [9.17, 15) is 4.79 Å². The molecule has 0 radical (unpaired) electrons. The van der Waals surface area contributed by atoms with E-state index in [0.717, 1.165) is 30.3 Å². The predicted molar refractivity (Wildman–Crippen MR) is 79.4 cm³/mol. The average molecular weight is 288 g/mol. The number of aromatic amines is 1. The Morgan fingerprint density at radius 1 is 1.38 bits per heavy atom. The van der Waals surface area contributed by atoms with E-state index in [1.165, 1.54) is 5.39 Å². The lowest BCUT2D eigenvalue weighted by atomic mass is 10.1. The number of rotatable bonds is 5. The van der Waals surface area contributed by atoms with Crippen molar-refractivity contribution in [2.45, 2.75) is 38.4 Å². The number of carbonyl (C=O) groups is 1. The van der Waals surface area contributed by atoms with E-state index < -0.39 is 0 Å². The van der Waals surface area contributed by atoms with Crippen molar-refractivity contribution in [2.75, 3.05) is 6.61 Å². The zero-order chi connectivity index (χ0) is 14.5. The molecule has 2 aromatic rings. The highest BCUT2D eigenvalue weighted by atomic mass is 16.8. The van der Waals surface area contributed by atoms with Gasteiger partial charge in [-0.25, -0.2) is 10.3 Å². The summed E-state index contributed by atoms with van der Waals surface area (Å²) in [5.41, 5.74) is 4.73. The second-order valence-electron chi connectivity index (χ2n) is 5.30. The first-order valence-corrected chi connectivity index (χ1v) is 7.44. The SMILES string of the molecule is O=C(CCc1c[nH]c2ccccc12)NO[C@@H]1CCCCO1. The van der Waals surface area contributed by atoms with Gasteiger partial charge in [0.15, 0.2) is 6.29 Å². The third-order valence-electron chi connectivity index (χ3n) is 3.74. The average Bonchev–Trinajstić information content (AvgIpc) is 2.95. The van der Waals surface area contributed by atoms with Crippen LogP contribution in [0.25, 0.3) is 10.9 Å². The number of ether oxygens (including phenoxy) is 1. The van der Waals surface area contributed by atoms with Crippen LogP contribution in [0, 0.1) is 0 Å². The van der Waals surface area contributed by atoms with Crippen LogP contribution in [-0.4, -0.2) is 23.8 Å². The van der Waals surface area contributed by atoms with Gasteiger partial charge in [0.1, 0.15) is 0 Å². The second-order valence-corrected chi connectivity index (χ2v) is 5.30. The molecule has 1 aliphatic rings. The van der Waals surface area contributed by atoms with Gasteiger partial charge >= 0.3 is 0 Å². The van der Waals surface area contributed by atoms with Gasteiger partial charge in [-0.1, -0.05) is 18.2 Å². The molecule has 5 heteroatoms. The highest BCUT2D eigenvalue weighted by molar-refractivity contribution is 5.84. The van der Waals surface area contributed by atoms with Gasteiger partial charge in [-0.2, -0.15) is 0 Å². The summed E-state index contributed by atoms with van der Waals surface area (Å²) in [5, 5.41) is 1.17. The maximum atomic E-state index is 11.8. The van der Waals surface area contributed by atoms with Crippen LogP contribution in [-0.2, 0) is 20.8 Å². The summed E-state index contributed by atoms with van der Waals surface area (Å²) in [6.07, 6.45) is 5.73. The molecule has 1 aromatic heterocycles. The number of para-hydroxylation sites is 1. The minimum atomic E-state index is -0.296. The monoisotopic (exact) mass is 288 g/mol. The second kappa shape index (κ2) is 6.74. The van der Waals surface area contributed by atoms with Crippen molar-refractivity contribution in [2.24, 2.45) is 0 Å². The van der Waals surface area contributed by atoms with Gasteiger partial charge < -0.3 is 9.72 Å². The number of aryl methyl sites for hydroxylation is 1. The molecule has 1 amide bonds. The Morgan fingerprint density at radius 3 is 3.14 bits per heavy atom. The zero-order valence-corrected chi connectivity index (χ0v) is 11.9. The Morgan fingerprint density at radius 2 is 2.29 bits per heavy atom. The molecule has 1 fully saturated rings. The predicted octanol–water partition coefficient (Wildman–Crippen LogP) is 2.67. The molecule has 0 aliphatic carbocycles. The summed E-state index contributed by atoms with van der Waals surface area (Å²) < 4.78 is 5.39. The summed E-state index contributed by atoms with van der Waals surface area (Å²) in [6.45, 7) is 0.704. The number of hydroxylamine groups is 1. The summed E-state index contributed by atoms with van der Waals surface area (Å²) in [4.78, 5) is 20.3. The largest absolute Gasteiger partial charge is 0.361 e. The minimum Gasteiger partial charge on any atom is -0.361 e. The molecule has 0 unspecified atom stereocenters. The van der Waals surface area contributed by atoms with Crippen molar-refractivity contribution >= 4 is 16.8 Å². The summed E-state index contributed by atoms with van der Waals surface area (Å²) in [6, 6.07) is 8.09. The molecule has 3 rings (SSSR count). The number of nitrogens with one attached hydrogen (secondary N) is 2. The van der Waals surface area contributed by atoms with E-state index in [0.29, 0.717) is 19.4 Å². The van der Waals surface area contributed by atoms with E-state index in [1.807, 2.05) is 24.4 Å². The van der Waals surface area contributed by atoms with Crippen LogP contribution in [0.4, 0.5) is 0 Å². The fraction of sp³-hybridized carbons (Fsp3) is 0.438. The Labute approximate surface area is 123 Å². The summed E-state index contributed by atoms with van der Waals surface area (Å²) in [7, 11) is 0. The smallest absolute Gasteiger partial charge is 0.243 e. The van der Waals surface area contributed by atoms with Crippen molar-refractivity contribution in [3.05, 3.63) is 36.0 Å².